The molecule has 6 nitrogen and oxygen atoms in total. The van der Waals surface area contributed by atoms with Gasteiger partial charge in [-0.1, -0.05) is 24.4 Å². The van der Waals surface area contributed by atoms with Gasteiger partial charge in [0.15, 0.2) is 5.65 Å². The van der Waals surface area contributed by atoms with Crippen molar-refractivity contribution in [2.45, 2.75) is 0 Å². The van der Waals surface area contributed by atoms with E-state index >= 15 is 0 Å². The summed E-state index contributed by atoms with van der Waals surface area (Å²) < 4.78 is 2.27. The van der Waals surface area contributed by atoms with E-state index in [9.17, 15) is 0 Å². The van der Waals surface area contributed by atoms with E-state index in [1.807, 2.05) is 30.3 Å². The lowest BCUT2D eigenvalue weighted by molar-refractivity contribution is 0.940. The first-order valence-corrected chi connectivity index (χ1v) is 6.43. The van der Waals surface area contributed by atoms with Gasteiger partial charge in [0.1, 0.15) is 10.3 Å². The number of aromatic nitrogens is 3. The van der Waals surface area contributed by atoms with Gasteiger partial charge >= 0.3 is 0 Å². The lowest BCUT2D eigenvalue weighted by Gasteiger charge is -2.13. The number of aromatic amines is 1. The van der Waals surface area contributed by atoms with Crippen molar-refractivity contribution in [2.24, 2.45) is 5.84 Å². The number of hydrogen-bond donors (Lipinski definition) is 3. The molecule has 0 radical (unpaired) electrons. The third kappa shape index (κ3) is 1.93. The molecule has 0 aliphatic carbocycles. The third-order valence-corrected chi connectivity index (χ3v) is 3.44. The molecule has 5 N–H and O–H groups in total. The van der Waals surface area contributed by atoms with Crippen LogP contribution in [-0.2, 0) is 0 Å². The van der Waals surface area contributed by atoms with Crippen LogP contribution in [0.1, 0.15) is 0 Å². The Kier molecular flexibility index (Phi) is 2.92. The maximum Gasteiger partial charge on any atom is 0.178 e. The van der Waals surface area contributed by atoms with Crippen molar-refractivity contribution in [1.29, 1.82) is 0 Å². The average Bonchev–Trinajstić information content (AvgIpc) is 2.74. The summed E-state index contributed by atoms with van der Waals surface area (Å²) >= 11 is 5.16. The third-order valence-electron chi connectivity index (χ3n) is 3.13. The number of rotatable bonds is 2. The molecule has 0 aliphatic heterocycles. The van der Waals surface area contributed by atoms with E-state index in [4.69, 9.17) is 23.8 Å². The van der Waals surface area contributed by atoms with Crippen molar-refractivity contribution >= 4 is 29.2 Å². The van der Waals surface area contributed by atoms with Crippen molar-refractivity contribution in [2.75, 3.05) is 17.8 Å². The first-order chi connectivity index (χ1) is 9.58. The summed E-state index contributed by atoms with van der Waals surface area (Å²) in [7, 11) is 1.79. The highest BCUT2D eigenvalue weighted by molar-refractivity contribution is 7.71. The molecule has 3 rings (SSSR count). The van der Waals surface area contributed by atoms with Gasteiger partial charge in [-0.2, -0.15) is 0 Å². The Morgan fingerprint density at radius 1 is 1.35 bits per heavy atom. The minimum Gasteiger partial charge on any atom is -0.393 e. The van der Waals surface area contributed by atoms with Gasteiger partial charge in [0.25, 0.3) is 0 Å². The molecular weight excluding hydrogens is 272 g/mol. The van der Waals surface area contributed by atoms with E-state index in [1.54, 1.807) is 22.8 Å². The second kappa shape index (κ2) is 4.62. The molecule has 0 saturated carbocycles. The molecule has 20 heavy (non-hydrogen) atoms. The Labute approximate surface area is 120 Å². The van der Waals surface area contributed by atoms with Gasteiger partial charge in [-0.15, -0.1) is 0 Å². The van der Waals surface area contributed by atoms with E-state index in [0.29, 0.717) is 16.0 Å². The molecule has 0 atom stereocenters. The first kappa shape index (κ1) is 12.6. The summed E-state index contributed by atoms with van der Waals surface area (Å²) in [5.74, 6) is 5.77. The number of fused-ring (bicyclic) bond motifs is 1. The minimum atomic E-state index is 0.481. The van der Waals surface area contributed by atoms with Crippen molar-refractivity contribution in [3.63, 3.8) is 0 Å². The van der Waals surface area contributed by atoms with Crippen LogP contribution in [0, 0.1) is 4.64 Å². The largest absolute Gasteiger partial charge is 0.393 e. The number of nitrogens with one attached hydrogen (secondary N) is 1. The molecule has 2 heterocycles. The normalized spacial score (nSPS) is 10.9. The van der Waals surface area contributed by atoms with Crippen LogP contribution in [-0.4, -0.2) is 21.6 Å². The predicted octanol–water partition coefficient (Wildman–Crippen LogP) is 1.95. The molecule has 0 fully saturated rings. The van der Waals surface area contributed by atoms with Gasteiger partial charge in [0.2, 0.25) is 0 Å². The zero-order chi connectivity index (χ0) is 14.3. The number of H-pyrrole nitrogens is 1. The summed E-state index contributed by atoms with van der Waals surface area (Å²) in [6.45, 7) is 0. The Balaban J connectivity index is 2.27. The lowest BCUT2D eigenvalue weighted by atomic mass is 10.1. The van der Waals surface area contributed by atoms with Gasteiger partial charge < -0.3 is 10.7 Å². The van der Waals surface area contributed by atoms with E-state index in [-0.39, 0.29) is 0 Å². The first-order valence-electron chi connectivity index (χ1n) is 6.02. The van der Waals surface area contributed by atoms with Crippen LogP contribution in [0.2, 0.25) is 0 Å². The molecule has 1 aromatic carbocycles. The molecule has 0 spiro atoms. The topological polar surface area (TPSA) is 88.4 Å². The van der Waals surface area contributed by atoms with Gasteiger partial charge in [-0.3, -0.25) is 5.10 Å². The quantitative estimate of drug-likeness (QED) is 0.381. The Morgan fingerprint density at radius 3 is 2.90 bits per heavy atom. The standard InChI is InChI=1S/C13H14N6S/c1-18(15)9-4-2-3-8(7-9)10-5-6-16-12-11(14)13(20)17-19(10)12/h2-7H,14-15H2,1H3,(H,17,20). The van der Waals surface area contributed by atoms with Crippen molar-refractivity contribution in [1.82, 2.24) is 14.6 Å². The fourth-order valence-electron chi connectivity index (χ4n) is 2.10. The summed E-state index contributed by atoms with van der Waals surface area (Å²) in [6, 6.07) is 9.76. The molecule has 2 aromatic heterocycles. The van der Waals surface area contributed by atoms with Crippen LogP contribution >= 0.6 is 12.2 Å². The molecule has 0 bridgehead atoms. The molecule has 0 aliphatic rings. The number of hydrazine groups is 1. The highest BCUT2D eigenvalue weighted by Gasteiger charge is 2.09. The van der Waals surface area contributed by atoms with Crippen LogP contribution in [0.15, 0.2) is 36.5 Å². The van der Waals surface area contributed by atoms with Crippen LogP contribution in [0.25, 0.3) is 16.9 Å². The summed E-state index contributed by atoms with van der Waals surface area (Å²) in [4.78, 5) is 4.25. The molecule has 0 amide bonds. The van der Waals surface area contributed by atoms with Crippen molar-refractivity contribution in [3.05, 3.63) is 41.2 Å². The fourth-order valence-corrected chi connectivity index (χ4v) is 2.28. The van der Waals surface area contributed by atoms with Crippen LogP contribution in [0.3, 0.4) is 0 Å². The van der Waals surface area contributed by atoms with Crippen LogP contribution in [0.5, 0.6) is 0 Å². The Bertz CT molecular complexity index is 832. The van der Waals surface area contributed by atoms with E-state index in [2.05, 4.69) is 10.1 Å². The van der Waals surface area contributed by atoms with Gasteiger partial charge in [-0.05, 0) is 18.2 Å². The number of anilines is 2. The molecule has 102 valence electrons. The number of nitrogen functional groups attached to an aromatic ring is 1. The maximum atomic E-state index is 5.92. The number of nitrogens with zero attached hydrogens (tertiary/aromatic N) is 3. The highest BCUT2D eigenvalue weighted by atomic mass is 32.1. The summed E-state index contributed by atoms with van der Waals surface area (Å²) in [5.41, 5.74) is 9.84. The lowest BCUT2D eigenvalue weighted by Crippen LogP contribution is -2.24. The molecular formula is C13H14N6S. The van der Waals surface area contributed by atoms with Gasteiger partial charge in [-0.25, -0.2) is 15.3 Å². The highest BCUT2D eigenvalue weighted by Crippen LogP contribution is 2.25. The van der Waals surface area contributed by atoms with E-state index in [0.717, 1.165) is 16.9 Å². The zero-order valence-electron chi connectivity index (χ0n) is 10.9. The van der Waals surface area contributed by atoms with Crippen LogP contribution in [0.4, 0.5) is 11.4 Å². The second-order valence-electron chi connectivity index (χ2n) is 4.50. The van der Waals surface area contributed by atoms with E-state index in [1.165, 1.54) is 0 Å². The average molecular weight is 286 g/mol. The Hall–Kier alpha value is -2.38. The van der Waals surface area contributed by atoms with Gasteiger partial charge in [0, 0.05) is 18.8 Å². The molecule has 7 heteroatoms. The monoisotopic (exact) mass is 286 g/mol. The number of hydrogen-bond acceptors (Lipinski definition) is 5. The minimum absolute atomic E-state index is 0.481. The predicted molar refractivity (Wildman–Crippen MR) is 82.8 cm³/mol. The summed E-state index contributed by atoms with van der Waals surface area (Å²) in [5, 5.41) is 4.61. The van der Waals surface area contributed by atoms with Crippen molar-refractivity contribution in [3.8, 4) is 11.3 Å². The van der Waals surface area contributed by atoms with Crippen molar-refractivity contribution < 1.29 is 0 Å². The Morgan fingerprint density at radius 2 is 2.15 bits per heavy atom. The molecule has 3 aromatic rings. The number of nitrogens with two attached hydrogens (primary N) is 2. The molecule has 0 saturated heterocycles. The fraction of sp³-hybridized carbons (Fsp3) is 0.0769. The van der Waals surface area contributed by atoms with E-state index < -0.39 is 0 Å². The smallest absolute Gasteiger partial charge is 0.178 e. The van der Waals surface area contributed by atoms with Gasteiger partial charge in [0.05, 0.1) is 11.4 Å². The SMILES string of the molecule is CN(N)c1cccc(-c2ccnc3c(N)c(=S)[nH]n23)c1. The molecule has 0 unspecified atom stereocenters. The zero-order valence-corrected chi connectivity index (χ0v) is 11.7. The number of benzene rings is 1. The second-order valence-corrected chi connectivity index (χ2v) is 4.91. The van der Waals surface area contributed by atoms with Crippen LogP contribution < -0.4 is 16.6 Å². The maximum absolute atomic E-state index is 5.92. The summed E-state index contributed by atoms with van der Waals surface area (Å²) in [6.07, 6.45) is 1.71.